The van der Waals surface area contributed by atoms with Crippen LogP contribution in [-0.4, -0.2) is 41.0 Å². The number of benzene rings is 3. The van der Waals surface area contributed by atoms with Gasteiger partial charge in [0, 0.05) is 33.0 Å². The summed E-state index contributed by atoms with van der Waals surface area (Å²) in [5.41, 5.74) is 17.7. The van der Waals surface area contributed by atoms with Crippen LogP contribution < -0.4 is 10.9 Å². The van der Waals surface area contributed by atoms with Gasteiger partial charge in [0.1, 0.15) is 0 Å². The van der Waals surface area contributed by atoms with Crippen LogP contribution in [0.5, 0.6) is 0 Å². The summed E-state index contributed by atoms with van der Waals surface area (Å²) in [6.45, 7) is 8.02. The van der Waals surface area contributed by atoms with Crippen molar-refractivity contribution >= 4 is 44.4 Å². The van der Waals surface area contributed by atoms with Crippen molar-refractivity contribution in [1.82, 2.24) is 29.5 Å². The predicted molar refractivity (Wildman–Crippen MR) is 197 cm³/mol. The molecule has 0 aliphatic heterocycles. The number of thiazole rings is 2. The topological polar surface area (TPSA) is 110 Å². The van der Waals surface area contributed by atoms with Gasteiger partial charge in [-0.2, -0.15) is 20.4 Å². The number of nitrogens with zero attached hydrogens (tertiary/aromatic N) is 8. The molecule has 0 spiro atoms. The van der Waals surface area contributed by atoms with Gasteiger partial charge in [0.2, 0.25) is 10.3 Å². The van der Waals surface area contributed by atoms with E-state index in [1.165, 1.54) is 22.7 Å². The summed E-state index contributed by atoms with van der Waals surface area (Å²) in [6.07, 6.45) is 3.69. The van der Waals surface area contributed by atoms with Gasteiger partial charge in [0.05, 0.1) is 58.0 Å². The number of hydrogen-bond donors (Lipinski definition) is 2. The largest absolute Gasteiger partial charge is 0.252 e. The second-order valence-corrected chi connectivity index (χ2v) is 12.8. The molecule has 7 rings (SSSR count). The summed E-state index contributed by atoms with van der Waals surface area (Å²) in [5, 5.41) is 23.8. The monoisotopic (exact) mass is 668 g/mol. The van der Waals surface area contributed by atoms with E-state index in [9.17, 15) is 0 Å². The van der Waals surface area contributed by atoms with Crippen LogP contribution in [0, 0.1) is 13.8 Å². The zero-order valence-electron chi connectivity index (χ0n) is 26.8. The molecule has 3 aromatic carbocycles. The molecular weight excluding hydrogens is 637 g/mol. The molecular formula is C36H32N10S2. The predicted octanol–water partition coefficient (Wildman–Crippen LogP) is 8.59. The van der Waals surface area contributed by atoms with Gasteiger partial charge in [-0.1, -0.05) is 60.7 Å². The number of nitrogens with one attached hydrogen (secondary N) is 2. The highest BCUT2D eigenvalue weighted by atomic mass is 32.1. The van der Waals surface area contributed by atoms with Crippen molar-refractivity contribution in [1.29, 1.82) is 0 Å². The minimum Gasteiger partial charge on any atom is -0.252 e. The second-order valence-electron chi connectivity index (χ2n) is 11.1. The molecule has 12 heteroatoms. The van der Waals surface area contributed by atoms with Crippen LogP contribution in [0.25, 0.3) is 33.9 Å². The number of aromatic nitrogens is 6. The highest BCUT2D eigenvalue weighted by molar-refractivity contribution is 7.14. The molecule has 0 atom stereocenters. The van der Waals surface area contributed by atoms with E-state index in [0.717, 1.165) is 78.1 Å². The van der Waals surface area contributed by atoms with Gasteiger partial charge in [0.15, 0.2) is 0 Å². The van der Waals surface area contributed by atoms with Crippen LogP contribution in [0.1, 0.15) is 36.4 Å². The Morgan fingerprint density at radius 3 is 1.38 bits per heavy atom. The first kappa shape index (κ1) is 30.9. The molecule has 0 saturated heterocycles. The lowest BCUT2D eigenvalue weighted by Gasteiger charge is -2.05. The normalized spacial score (nSPS) is 12.0. The molecule has 48 heavy (non-hydrogen) atoms. The fourth-order valence-electron chi connectivity index (χ4n) is 5.30. The number of hydrazone groups is 2. The van der Waals surface area contributed by atoms with E-state index in [1.807, 2.05) is 121 Å². The number of rotatable bonds is 10. The Labute approximate surface area is 286 Å². The average molecular weight is 669 g/mol. The van der Waals surface area contributed by atoms with Crippen molar-refractivity contribution in [2.45, 2.75) is 27.7 Å². The van der Waals surface area contributed by atoms with Gasteiger partial charge in [-0.05, 0) is 52.0 Å². The molecule has 0 amide bonds. The molecule has 4 aromatic heterocycles. The summed E-state index contributed by atoms with van der Waals surface area (Å²) < 4.78 is 3.84. The van der Waals surface area contributed by atoms with Crippen LogP contribution >= 0.6 is 22.7 Å². The number of anilines is 2. The van der Waals surface area contributed by atoms with Crippen LogP contribution in [0.3, 0.4) is 0 Å². The lowest BCUT2D eigenvalue weighted by molar-refractivity contribution is 0.847. The fraction of sp³-hybridized carbons (Fsp3) is 0.111. The maximum atomic E-state index is 4.75. The van der Waals surface area contributed by atoms with Crippen molar-refractivity contribution in [3.63, 3.8) is 0 Å². The van der Waals surface area contributed by atoms with Crippen molar-refractivity contribution in [2.75, 3.05) is 10.9 Å². The van der Waals surface area contributed by atoms with Gasteiger partial charge >= 0.3 is 0 Å². The van der Waals surface area contributed by atoms with E-state index in [4.69, 9.17) is 9.97 Å². The second kappa shape index (κ2) is 13.6. The van der Waals surface area contributed by atoms with Crippen molar-refractivity contribution in [2.24, 2.45) is 10.2 Å². The molecule has 0 radical (unpaired) electrons. The van der Waals surface area contributed by atoms with Gasteiger partial charge in [0.25, 0.3) is 0 Å². The van der Waals surface area contributed by atoms with E-state index in [0.29, 0.717) is 0 Å². The summed E-state index contributed by atoms with van der Waals surface area (Å²) in [6, 6.07) is 28.4. The van der Waals surface area contributed by atoms with E-state index in [2.05, 4.69) is 55.5 Å². The third-order valence-electron chi connectivity index (χ3n) is 7.92. The lowest BCUT2D eigenvalue weighted by atomic mass is 10.1. The summed E-state index contributed by atoms with van der Waals surface area (Å²) >= 11 is 3.02. The third-order valence-corrected chi connectivity index (χ3v) is 9.42. The van der Waals surface area contributed by atoms with Gasteiger partial charge in [-0.25, -0.2) is 19.3 Å². The SMILES string of the molecule is C/C(=N\Nc1nc(-c2ccc(-c3csc(N/N=C(\C)c4cnn(-c5ccccc5)c4C)n3)cc2)cs1)c1cnn(-c2ccccc2)c1C. The molecule has 0 unspecified atom stereocenters. The Bertz CT molecular complexity index is 2060. The minimum atomic E-state index is 0.718. The molecule has 0 bridgehead atoms. The smallest absolute Gasteiger partial charge is 0.203 e. The van der Waals surface area contributed by atoms with Gasteiger partial charge < -0.3 is 0 Å². The first-order valence-corrected chi connectivity index (χ1v) is 17.0. The Hall–Kier alpha value is -5.72. The van der Waals surface area contributed by atoms with E-state index in [1.54, 1.807) is 0 Å². The Kier molecular flexibility index (Phi) is 8.73. The summed E-state index contributed by atoms with van der Waals surface area (Å²) in [7, 11) is 0. The number of hydrogen-bond acceptors (Lipinski definition) is 10. The summed E-state index contributed by atoms with van der Waals surface area (Å²) in [4.78, 5) is 9.51. The quantitative estimate of drug-likeness (QED) is 0.112. The van der Waals surface area contributed by atoms with E-state index >= 15 is 0 Å². The molecule has 238 valence electrons. The molecule has 0 fully saturated rings. The molecule has 10 nitrogen and oxygen atoms in total. The molecule has 2 N–H and O–H groups in total. The van der Waals surface area contributed by atoms with Crippen LogP contribution in [0.4, 0.5) is 10.3 Å². The standard InChI is InChI=1S/C36H32N10S2/c1-23(31-19-37-45(25(31)3)29-11-7-5-8-12-29)41-43-35-39-33(21-47-35)27-15-17-28(18-16-27)34-22-48-36(40-34)44-42-24(2)32-20-38-46(26(32)4)30-13-9-6-10-14-30/h5-22H,1-4H3,(H,39,43)(H,40,44)/b41-23+,42-24+. The van der Waals surface area contributed by atoms with Crippen LogP contribution in [-0.2, 0) is 0 Å². The van der Waals surface area contributed by atoms with Crippen LogP contribution in [0.2, 0.25) is 0 Å². The zero-order valence-corrected chi connectivity index (χ0v) is 28.4. The van der Waals surface area contributed by atoms with Gasteiger partial charge in [-0.15, -0.1) is 22.7 Å². The Morgan fingerprint density at radius 2 is 0.979 bits per heavy atom. The van der Waals surface area contributed by atoms with Crippen molar-refractivity contribution in [3.05, 3.63) is 131 Å². The molecule has 4 heterocycles. The zero-order chi connectivity index (χ0) is 33.0. The van der Waals surface area contributed by atoms with E-state index in [-0.39, 0.29) is 0 Å². The fourth-order valence-corrected chi connectivity index (χ4v) is 6.62. The first-order chi connectivity index (χ1) is 23.4. The number of para-hydroxylation sites is 2. The molecule has 0 aliphatic carbocycles. The highest BCUT2D eigenvalue weighted by Crippen LogP contribution is 2.30. The maximum Gasteiger partial charge on any atom is 0.203 e. The van der Waals surface area contributed by atoms with Crippen LogP contribution in [0.15, 0.2) is 118 Å². The van der Waals surface area contributed by atoms with Crippen molar-refractivity contribution < 1.29 is 0 Å². The van der Waals surface area contributed by atoms with Gasteiger partial charge in [-0.3, -0.25) is 10.9 Å². The lowest BCUT2D eigenvalue weighted by Crippen LogP contribution is -2.03. The molecule has 0 aliphatic rings. The third kappa shape index (κ3) is 6.43. The minimum absolute atomic E-state index is 0.718. The highest BCUT2D eigenvalue weighted by Gasteiger charge is 2.13. The van der Waals surface area contributed by atoms with Crippen molar-refractivity contribution in [3.8, 4) is 33.9 Å². The summed E-state index contributed by atoms with van der Waals surface area (Å²) in [5.74, 6) is 0. The Balaban J connectivity index is 0.981. The average Bonchev–Trinajstić information content (AvgIpc) is 3.94. The first-order valence-electron chi connectivity index (χ1n) is 15.3. The van der Waals surface area contributed by atoms with E-state index < -0.39 is 0 Å². The maximum absolute atomic E-state index is 4.75. The molecule has 0 saturated carbocycles. The Morgan fingerprint density at radius 1 is 0.583 bits per heavy atom. The molecule has 7 aromatic rings.